The molecule has 0 aromatic heterocycles. The van der Waals surface area contributed by atoms with Crippen molar-refractivity contribution >= 4 is 34.9 Å². The van der Waals surface area contributed by atoms with Gasteiger partial charge in [-0.25, -0.2) is 0 Å². The van der Waals surface area contributed by atoms with Gasteiger partial charge in [0.1, 0.15) is 5.75 Å². The first-order valence-corrected chi connectivity index (χ1v) is 7.03. The number of nitrogen functional groups attached to an aromatic ring is 2. The number of thioether (sulfide) groups is 2. The summed E-state index contributed by atoms with van der Waals surface area (Å²) < 4.78 is 5.47. The fraction of sp³-hybridized carbons (Fsp3) is 0.400. The molecule has 0 unspecified atom stereocenters. The highest BCUT2D eigenvalue weighted by atomic mass is 32.2. The largest absolute Gasteiger partial charge is 0.492 e. The molecule has 1 aromatic carbocycles. The van der Waals surface area contributed by atoms with Crippen LogP contribution in [0.5, 0.6) is 5.75 Å². The lowest BCUT2D eigenvalue weighted by molar-refractivity contribution is 0.340. The van der Waals surface area contributed by atoms with Crippen molar-refractivity contribution in [1.82, 2.24) is 0 Å². The highest BCUT2D eigenvalue weighted by Crippen LogP contribution is 2.42. The van der Waals surface area contributed by atoms with Crippen molar-refractivity contribution in [1.29, 1.82) is 0 Å². The van der Waals surface area contributed by atoms with Crippen molar-refractivity contribution in [2.75, 3.05) is 30.6 Å². The first-order valence-electron chi connectivity index (χ1n) is 4.58. The fourth-order valence-corrected chi connectivity index (χ4v) is 2.57. The number of rotatable bonds is 4. The second-order valence-corrected chi connectivity index (χ2v) is 4.54. The molecule has 0 aliphatic carbocycles. The van der Waals surface area contributed by atoms with E-state index in [9.17, 15) is 0 Å². The quantitative estimate of drug-likeness (QED) is 0.630. The predicted molar refractivity (Wildman–Crippen MR) is 70.0 cm³/mol. The molecule has 0 amide bonds. The van der Waals surface area contributed by atoms with Crippen LogP contribution in [0.25, 0.3) is 0 Å². The van der Waals surface area contributed by atoms with E-state index in [1.165, 1.54) is 0 Å². The topological polar surface area (TPSA) is 61.3 Å². The molecule has 0 saturated heterocycles. The van der Waals surface area contributed by atoms with Crippen molar-refractivity contribution in [3.8, 4) is 5.75 Å². The Hall–Kier alpha value is -0.680. The van der Waals surface area contributed by atoms with Crippen LogP contribution in [0.3, 0.4) is 0 Å². The van der Waals surface area contributed by atoms with Gasteiger partial charge in [-0.05, 0) is 25.5 Å². The lowest BCUT2D eigenvalue weighted by Gasteiger charge is -2.15. The molecule has 0 atom stereocenters. The second-order valence-electron chi connectivity index (χ2n) is 2.87. The minimum atomic E-state index is 0.607. The monoisotopic (exact) mass is 244 g/mol. The first-order chi connectivity index (χ1) is 7.15. The van der Waals surface area contributed by atoms with Gasteiger partial charge >= 0.3 is 0 Å². The zero-order valence-corrected chi connectivity index (χ0v) is 10.8. The van der Waals surface area contributed by atoms with Crippen molar-refractivity contribution in [3.05, 3.63) is 6.07 Å². The summed E-state index contributed by atoms with van der Waals surface area (Å²) >= 11 is 3.15. The van der Waals surface area contributed by atoms with E-state index in [-0.39, 0.29) is 0 Å². The third-order valence-corrected chi connectivity index (χ3v) is 3.63. The molecule has 0 radical (unpaired) electrons. The van der Waals surface area contributed by atoms with Gasteiger partial charge in [-0.2, -0.15) is 0 Å². The van der Waals surface area contributed by atoms with Crippen LogP contribution in [-0.4, -0.2) is 19.1 Å². The van der Waals surface area contributed by atoms with Crippen LogP contribution in [0.1, 0.15) is 6.92 Å². The lowest BCUT2D eigenvalue weighted by atomic mass is 10.2. The third-order valence-electron chi connectivity index (χ3n) is 2.01. The molecule has 0 spiro atoms. The molecule has 1 aromatic rings. The normalized spacial score (nSPS) is 10.3. The number of hydrogen-bond donors (Lipinski definition) is 2. The minimum Gasteiger partial charge on any atom is -0.492 e. The van der Waals surface area contributed by atoms with Gasteiger partial charge in [0.2, 0.25) is 0 Å². The molecule has 0 heterocycles. The highest BCUT2D eigenvalue weighted by Gasteiger charge is 2.13. The predicted octanol–water partition coefficient (Wildman–Crippen LogP) is 2.69. The average Bonchev–Trinajstić information content (AvgIpc) is 2.23. The molecule has 5 heteroatoms. The van der Waals surface area contributed by atoms with Crippen molar-refractivity contribution in [2.45, 2.75) is 16.7 Å². The Bertz CT molecular complexity index is 356. The van der Waals surface area contributed by atoms with Crippen LogP contribution >= 0.6 is 23.5 Å². The van der Waals surface area contributed by atoms with Crippen molar-refractivity contribution in [2.24, 2.45) is 0 Å². The maximum absolute atomic E-state index is 5.99. The van der Waals surface area contributed by atoms with E-state index >= 15 is 0 Å². The summed E-state index contributed by atoms with van der Waals surface area (Å²) in [6.07, 6.45) is 3.95. The van der Waals surface area contributed by atoms with Crippen LogP contribution in [0.4, 0.5) is 11.4 Å². The van der Waals surface area contributed by atoms with Crippen LogP contribution in [-0.2, 0) is 0 Å². The molecule has 3 nitrogen and oxygen atoms in total. The number of benzene rings is 1. The van der Waals surface area contributed by atoms with Crippen LogP contribution in [0.2, 0.25) is 0 Å². The Labute approximate surface area is 98.9 Å². The molecule has 15 heavy (non-hydrogen) atoms. The Morgan fingerprint density at radius 1 is 1.20 bits per heavy atom. The van der Waals surface area contributed by atoms with E-state index in [1.54, 1.807) is 23.5 Å². The summed E-state index contributed by atoms with van der Waals surface area (Å²) in [5, 5.41) is 0. The van der Waals surface area contributed by atoms with Gasteiger partial charge < -0.3 is 16.2 Å². The Kier molecular flexibility index (Phi) is 4.47. The highest BCUT2D eigenvalue weighted by molar-refractivity contribution is 7.99. The van der Waals surface area contributed by atoms with Crippen LogP contribution < -0.4 is 16.2 Å². The van der Waals surface area contributed by atoms with E-state index in [4.69, 9.17) is 16.2 Å². The van der Waals surface area contributed by atoms with Gasteiger partial charge in [-0.15, -0.1) is 23.5 Å². The fourth-order valence-electron chi connectivity index (χ4n) is 1.31. The Morgan fingerprint density at radius 3 is 2.33 bits per heavy atom. The maximum atomic E-state index is 5.99. The minimum absolute atomic E-state index is 0.607. The molecule has 0 bridgehead atoms. The van der Waals surface area contributed by atoms with Crippen molar-refractivity contribution < 1.29 is 4.74 Å². The molecule has 0 aliphatic rings. The SMILES string of the molecule is CCOc1cc(SC)c(N)c(SC)c1N. The molecule has 84 valence electrons. The summed E-state index contributed by atoms with van der Waals surface area (Å²) in [4.78, 5) is 1.92. The zero-order chi connectivity index (χ0) is 11.4. The van der Waals surface area contributed by atoms with Gasteiger partial charge in [-0.3, -0.25) is 0 Å². The number of nitrogens with two attached hydrogens (primary N) is 2. The van der Waals surface area contributed by atoms with E-state index < -0.39 is 0 Å². The smallest absolute Gasteiger partial charge is 0.144 e. The number of hydrogen-bond acceptors (Lipinski definition) is 5. The first kappa shape index (κ1) is 12.4. The van der Waals surface area contributed by atoms with E-state index in [1.807, 2.05) is 25.5 Å². The Balaban J connectivity index is 3.30. The molecule has 0 fully saturated rings. The second kappa shape index (κ2) is 5.42. The molecule has 0 saturated carbocycles. The third kappa shape index (κ3) is 2.46. The van der Waals surface area contributed by atoms with Gasteiger partial charge in [0.25, 0.3) is 0 Å². The summed E-state index contributed by atoms with van der Waals surface area (Å²) in [5.41, 5.74) is 13.3. The summed E-state index contributed by atoms with van der Waals surface area (Å²) in [6, 6.07) is 1.90. The van der Waals surface area contributed by atoms with Gasteiger partial charge in [0.15, 0.2) is 0 Å². The van der Waals surface area contributed by atoms with Crippen LogP contribution in [0, 0.1) is 0 Å². The average molecular weight is 244 g/mol. The van der Waals surface area contributed by atoms with Gasteiger partial charge in [-0.1, -0.05) is 0 Å². The molecule has 4 N–H and O–H groups in total. The molecular formula is C10H16N2OS2. The molecule has 1 rings (SSSR count). The molecule has 0 aliphatic heterocycles. The molecular weight excluding hydrogens is 228 g/mol. The number of ether oxygens (including phenoxy) is 1. The Morgan fingerprint density at radius 2 is 1.87 bits per heavy atom. The van der Waals surface area contributed by atoms with E-state index in [2.05, 4.69) is 0 Å². The maximum Gasteiger partial charge on any atom is 0.144 e. The standard InChI is InChI=1S/C10H16N2OS2/c1-4-13-6-5-7(14-2)9(12)10(15-3)8(6)11/h5H,4,11-12H2,1-3H3. The van der Waals surface area contributed by atoms with E-state index in [0.717, 1.165) is 21.2 Å². The van der Waals surface area contributed by atoms with Gasteiger partial charge in [0, 0.05) is 4.90 Å². The lowest BCUT2D eigenvalue weighted by Crippen LogP contribution is -2.02. The summed E-state index contributed by atoms with van der Waals surface area (Å²) in [5.74, 6) is 0.723. The number of anilines is 2. The van der Waals surface area contributed by atoms with E-state index in [0.29, 0.717) is 12.3 Å². The van der Waals surface area contributed by atoms with Gasteiger partial charge in [0.05, 0.1) is 22.9 Å². The summed E-state index contributed by atoms with van der Waals surface area (Å²) in [7, 11) is 0. The van der Waals surface area contributed by atoms with Crippen LogP contribution in [0.15, 0.2) is 15.9 Å². The zero-order valence-electron chi connectivity index (χ0n) is 9.16. The van der Waals surface area contributed by atoms with Crippen molar-refractivity contribution in [3.63, 3.8) is 0 Å². The summed E-state index contributed by atoms with van der Waals surface area (Å²) in [6.45, 7) is 2.54.